The number of hydrogen-bond donors (Lipinski definition) is 1. The van der Waals surface area contributed by atoms with E-state index >= 15 is 0 Å². The standard InChI is InChI=1S/C22H14N6O/c29-22-27-18-13-7-6-12-17(18)25-21(27)19(26-28(22)14-8-2-1-3-9-14)20-23-15-10-4-5-11-16(15)24-20/h1-13H,(H,23,24). The molecule has 3 aromatic heterocycles. The average Bonchev–Trinajstić information content (AvgIpc) is 3.36. The lowest BCUT2D eigenvalue weighted by atomic mass is 10.3. The molecule has 1 N–H and O–H groups in total. The van der Waals surface area contributed by atoms with Crippen molar-refractivity contribution >= 4 is 27.7 Å². The Bertz CT molecular complexity index is 1540. The first-order chi connectivity index (χ1) is 14.3. The molecule has 0 saturated carbocycles. The van der Waals surface area contributed by atoms with E-state index in [4.69, 9.17) is 0 Å². The number of benzene rings is 3. The Morgan fingerprint density at radius 3 is 2.31 bits per heavy atom. The smallest absolute Gasteiger partial charge is 0.336 e. The van der Waals surface area contributed by atoms with Crippen molar-refractivity contribution in [3.63, 3.8) is 0 Å². The molecule has 3 heterocycles. The highest BCUT2D eigenvalue weighted by Crippen LogP contribution is 2.24. The van der Waals surface area contributed by atoms with Crippen LogP contribution in [-0.4, -0.2) is 29.1 Å². The number of aromatic amines is 1. The van der Waals surface area contributed by atoms with Crippen molar-refractivity contribution in [3.05, 3.63) is 89.3 Å². The number of nitrogens with one attached hydrogen (secondary N) is 1. The summed E-state index contributed by atoms with van der Waals surface area (Å²) < 4.78 is 2.99. The van der Waals surface area contributed by atoms with E-state index in [-0.39, 0.29) is 5.69 Å². The molecular weight excluding hydrogens is 364 g/mol. The topological polar surface area (TPSA) is 80.9 Å². The Balaban J connectivity index is 1.77. The first-order valence-electron chi connectivity index (χ1n) is 9.21. The van der Waals surface area contributed by atoms with Crippen LogP contribution in [0.15, 0.2) is 83.7 Å². The second-order valence-electron chi connectivity index (χ2n) is 6.74. The maximum Gasteiger partial charge on any atom is 0.355 e. The van der Waals surface area contributed by atoms with Crippen LogP contribution in [0.25, 0.3) is 44.9 Å². The second kappa shape index (κ2) is 5.87. The molecule has 0 aliphatic heterocycles. The van der Waals surface area contributed by atoms with E-state index < -0.39 is 0 Å². The molecule has 0 bridgehead atoms. The molecule has 0 unspecified atom stereocenters. The van der Waals surface area contributed by atoms with Gasteiger partial charge in [0.25, 0.3) is 0 Å². The zero-order chi connectivity index (χ0) is 19.4. The van der Waals surface area contributed by atoms with Gasteiger partial charge in [-0.05, 0) is 36.4 Å². The summed E-state index contributed by atoms with van der Waals surface area (Å²) in [5, 5.41) is 4.66. The number of imidazole rings is 2. The summed E-state index contributed by atoms with van der Waals surface area (Å²) in [5.74, 6) is 0.566. The van der Waals surface area contributed by atoms with Crippen molar-refractivity contribution in [2.75, 3.05) is 0 Å². The van der Waals surface area contributed by atoms with Gasteiger partial charge in [-0.1, -0.05) is 42.5 Å². The Labute approximate surface area is 163 Å². The third kappa shape index (κ3) is 2.31. The summed E-state index contributed by atoms with van der Waals surface area (Å²) in [4.78, 5) is 26.0. The molecule has 3 aromatic carbocycles. The number of para-hydroxylation sites is 5. The predicted molar refractivity (Wildman–Crippen MR) is 111 cm³/mol. The Morgan fingerprint density at radius 1 is 0.759 bits per heavy atom. The maximum atomic E-state index is 13.4. The number of hydrogen-bond acceptors (Lipinski definition) is 4. The van der Waals surface area contributed by atoms with Gasteiger partial charge in [-0.15, -0.1) is 0 Å². The Hall–Kier alpha value is -4.26. The van der Waals surface area contributed by atoms with Gasteiger partial charge in [0.2, 0.25) is 0 Å². The van der Waals surface area contributed by atoms with E-state index in [9.17, 15) is 4.79 Å². The molecule has 6 aromatic rings. The van der Waals surface area contributed by atoms with Gasteiger partial charge >= 0.3 is 5.69 Å². The van der Waals surface area contributed by atoms with Gasteiger partial charge in [-0.25, -0.2) is 19.2 Å². The highest BCUT2D eigenvalue weighted by atomic mass is 16.2. The van der Waals surface area contributed by atoms with Crippen molar-refractivity contribution < 1.29 is 0 Å². The highest BCUT2D eigenvalue weighted by Gasteiger charge is 2.20. The fourth-order valence-electron chi connectivity index (χ4n) is 3.62. The van der Waals surface area contributed by atoms with E-state index in [1.165, 1.54) is 4.68 Å². The number of H-pyrrole nitrogens is 1. The molecule has 7 heteroatoms. The summed E-state index contributed by atoms with van der Waals surface area (Å²) in [7, 11) is 0. The molecule has 138 valence electrons. The van der Waals surface area contributed by atoms with Crippen molar-refractivity contribution in [2.24, 2.45) is 0 Å². The quantitative estimate of drug-likeness (QED) is 0.499. The molecule has 0 saturated heterocycles. The minimum absolute atomic E-state index is 0.278. The van der Waals surface area contributed by atoms with Crippen LogP contribution in [0.4, 0.5) is 0 Å². The van der Waals surface area contributed by atoms with Crippen LogP contribution in [0, 0.1) is 0 Å². The zero-order valence-electron chi connectivity index (χ0n) is 15.1. The van der Waals surface area contributed by atoms with Crippen LogP contribution >= 0.6 is 0 Å². The van der Waals surface area contributed by atoms with Crippen LogP contribution < -0.4 is 5.69 Å². The molecule has 7 nitrogen and oxygen atoms in total. The normalized spacial score (nSPS) is 11.6. The Morgan fingerprint density at radius 2 is 1.48 bits per heavy atom. The lowest BCUT2D eigenvalue weighted by Gasteiger charge is -2.08. The highest BCUT2D eigenvalue weighted by molar-refractivity contribution is 5.87. The fourth-order valence-corrected chi connectivity index (χ4v) is 3.62. The minimum atomic E-state index is -0.278. The van der Waals surface area contributed by atoms with Crippen molar-refractivity contribution in [1.82, 2.24) is 29.1 Å². The SMILES string of the molecule is O=c1n(-c2ccccc2)nc(-c2nc3ccccc3[nH]2)c2nc3ccccc3n12. The average molecular weight is 378 g/mol. The summed E-state index contributed by atoms with van der Waals surface area (Å²) in [6.45, 7) is 0. The van der Waals surface area contributed by atoms with E-state index in [0.29, 0.717) is 22.9 Å². The van der Waals surface area contributed by atoms with Crippen LogP contribution in [0.3, 0.4) is 0 Å². The second-order valence-corrected chi connectivity index (χ2v) is 6.74. The largest absolute Gasteiger partial charge is 0.355 e. The summed E-state index contributed by atoms with van der Waals surface area (Å²) in [5.41, 5.74) is 4.58. The third-order valence-electron chi connectivity index (χ3n) is 4.96. The Kier molecular flexibility index (Phi) is 3.19. The van der Waals surface area contributed by atoms with E-state index in [1.807, 2.05) is 78.9 Å². The van der Waals surface area contributed by atoms with Crippen molar-refractivity contribution in [1.29, 1.82) is 0 Å². The predicted octanol–water partition coefficient (Wildman–Crippen LogP) is 3.58. The van der Waals surface area contributed by atoms with Crippen LogP contribution in [0.5, 0.6) is 0 Å². The molecule has 0 aliphatic rings. The maximum absolute atomic E-state index is 13.4. The van der Waals surface area contributed by atoms with Crippen LogP contribution in [0.2, 0.25) is 0 Å². The molecule has 0 atom stereocenters. The lowest BCUT2D eigenvalue weighted by Crippen LogP contribution is -2.28. The van der Waals surface area contributed by atoms with Crippen LogP contribution in [-0.2, 0) is 0 Å². The summed E-state index contributed by atoms with van der Waals surface area (Å²) in [6.07, 6.45) is 0. The number of aromatic nitrogens is 6. The molecule has 0 spiro atoms. The van der Waals surface area contributed by atoms with Crippen molar-refractivity contribution in [3.8, 4) is 17.2 Å². The van der Waals surface area contributed by atoms with Gasteiger partial charge in [0.15, 0.2) is 17.2 Å². The molecule has 6 rings (SSSR count). The number of fused-ring (bicyclic) bond motifs is 4. The van der Waals surface area contributed by atoms with Gasteiger partial charge < -0.3 is 4.98 Å². The fraction of sp³-hybridized carbons (Fsp3) is 0. The first kappa shape index (κ1) is 15.8. The van der Waals surface area contributed by atoms with Gasteiger partial charge in [-0.3, -0.25) is 0 Å². The van der Waals surface area contributed by atoms with Gasteiger partial charge in [0, 0.05) is 0 Å². The van der Waals surface area contributed by atoms with E-state index in [2.05, 4.69) is 20.1 Å². The van der Waals surface area contributed by atoms with E-state index in [0.717, 1.165) is 22.1 Å². The summed E-state index contributed by atoms with van der Waals surface area (Å²) in [6, 6.07) is 24.7. The minimum Gasteiger partial charge on any atom is -0.336 e. The summed E-state index contributed by atoms with van der Waals surface area (Å²) >= 11 is 0. The number of rotatable bonds is 2. The zero-order valence-corrected chi connectivity index (χ0v) is 15.1. The molecule has 29 heavy (non-hydrogen) atoms. The van der Waals surface area contributed by atoms with Gasteiger partial charge in [-0.2, -0.15) is 9.78 Å². The molecular formula is C22H14N6O. The lowest BCUT2D eigenvalue weighted by molar-refractivity contribution is 0.757. The van der Waals surface area contributed by atoms with Gasteiger partial charge in [0.1, 0.15) is 0 Å². The first-order valence-corrected chi connectivity index (χ1v) is 9.21. The van der Waals surface area contributed by atoms with E-state index in [1.54, 1.807) is 4.40 Å². The molecule has 0 amide bonds. The monoisotopic (exact) mass is 378 g/mol. The van der Waals surface area contributed by atoms with Crippen LogP contribution in [0.1, 0.15) is 0 Å². The third-order valence-corrected chi connectivity index (χ3v) is 4.96. The molecule has 0 radical (unpaired) electrons. The van der Waals surface area contributed by atoms with Gasteiger partial charge in [0.05, 0.1) is 27.8 Å². The molecule has 0 fully saturated rings. The number of nitrogens with zero attached hydrogens (tertiary/aromatic N) is 5. The van der Waals surface area contributed by atoms with Crippen molar-refractivity contribution in [2.45, 2.75) is 0 Å². The molecule has 0 aliphatic carbocycles.